The number of nitrogens with one attached hydrogen (secondary N) is 1. The van der Waals surface area contributed by atoms with Gasteiger partial charge in [0, 0.05) is 13.1 Å². The van der Waals surface area contributed by atoms with Crippen LogP contribution >= 0.6 is 34.5 Å². The van der Waals surface area contributed by atoms with Crippen LogP contribution in [0.4, 0.5) is 4.39 Å². The number of amides is 1. The van der Waals surface area contributed by atoms with Crippen molar-refractivity contribution in [2.24, 2.45) is 0 Å². The van der Waals surface area contributed by atoms with Gasteiger partial charge in [0.15, 0.2) is 11.6 Å². The number of sulfonamides is 1. The number of carbonyl (C=O) groups is 1. The van der Waals surface area contributed by atoms with Crippen molar-refractivity contribution < 1.29 is 22.3 Å². The number of methoxy groups -OCH3 is 1. The third-order valence-corrected chi connectivity index (χ3v) is 8.23. The third kappa shape index (κ3) is 4.86. The van der Waals surface area contributed by atoms with Crippen LogP contribution in [0, 0.1) is 5.82 Å². The van der Waals surface area contributed by atoms with Crippen molar-refractivity contribution in [2.75, 3.05) is 13.7 Å². The van der Waals surface area contributed by atoms with E-state index in [1.807, 2.05) is 0 Å². The number of ether oxygens (including phenoxy) is 1. The molecule has 1 amide bonds. The first-order valence-corrected chi connectivity index (χ1v) is 11.8. The Kier molecular flexibility index (Phi) is 7.06. The van der Waals surface area contributed by atoms with Gasteiger partial charge in [-0.3, -0.25) is 4.79 Å². The summed E-state index contributed by atoms with van der Waals surface area (Å²) < 4.78 is 47.2. The lowest BCUT2D eigenvalue weighted by Gasteiger charge is -2.29. The summed E-state index contributed by atoms with van der Waals surface area (Å²) in [6.45, 7) is 0.274. The van der Waals surface area contributed by atoms with Gasteiger partial charge in [-0.1, -0.05) is 29.3 Å². The molecule has 1 atom stereocenters. The molecule has 29 heavy (non-hydrogen) atoms. The van der Waals surface area contributed by atoms with Crippen LogP contribution < -0.4 is 10.1 Å². The molecule has 1 aliphatic rings. The molecule has 0 radical (unpaired) electrons. The number of carbonyl (C=O) groups excluding carboxylic acids is 1. The molecule has 1 aromatic carbocycles. The van der Waals surface area contributed by atoms with Crippen molar-refractivity contribution in [3.8, 4) is 5.75 Å². The van der Waals surface area contributed by atoms with E-state index in [2.05, 4.69) is 5.32 Å². The number of benzene rings is 1. The van der Waals surface area contributed by atoms with Gasteiger partial charge in [0.2, 0.25) is 15.9 Å². The fraction of sp³-hybridized carbons (Fsp3) is 0.389. The molecule has 0 saturated carbocycles. The first-order chi connectivity index (χ1) is 13.7. The van der Waals surface area contributed by atoms with Crippen LogP contribution in [0.1, 0.15) is 24.8 Å². The van der Waals surface area contributed by atoms with E-state index in [0.717, 1.165) is 22.1 Å². The van der Waals surface area contributed by atoms with Crippen molar-refractivity contribution in [3.63, 3.8) is 0 Å². The maximum atomic E-state index is 14.2. The Morgan fingerprint density at radius 2 is 2.07 bits per heavy atom. The summed E-state index contributed by atoms with van der Waals surface area (Å²) in [6.07, 6.45) is 1.77. The van der Waals surface area contributed by atoms with Crippen molar-refractivity contribution in [2.45, 2.75) is 36.7 Å². The second kappa shape index (κ2) is 9.18. The third-order valence-electron chi connectivity index (χ3n) is 4.62. The van der Waals surface area contributed by atoms with Gasteiger partial charge < -0.3 is 10.1 Å². The Balaban J connectivity index is 2.05. The largest absolute Gasteiger partial charge is 0.494 e. The highest BCUT2D eigenvalue weighted by Gasteiger charge is 2.38. The zero-order valence-electron chi connectivity index (χ0n) is 15.5. The summed E-state index contributed by atoms with van der Waals surface area (Å²) in [5, 5.41) is 2.74. The average molecular weight is 481 g/mol. The Hall–Kier alpha value is -1.39. The summed E-state index contributed by atoms with van der Waals surface area (Å²) in [7, 11) is -2.83. The Morgan fingerprint density at radius 3 is 2.69 bits per heavy atom. The molecule has 2 aromatic rings. The predicted molar refractivity (Wildman–Crippen MR) is 111 cm³/mol. The monoisotopic (exact) mass is 480 g/mol. The molecule has 1 N–H and O–H groups in total. The molecule has 1 aromatic heterocycles. The van der Waals surface area contributed by atoms with Crippen LogP contribution in [0.2, 0.25) is 8.67 Å². The first-order valence-electron chi connectivity index (χ1n) is 8.81. The van der Waals surface area contributed by atoms with E-state index in [-0.39, 0.29) is 25.9 Å². The SMILES string of the molecule is COc1ccc(CN(C2CCCCNC2=O)S(=O)(=O)c2cc(Cl)sc2Cl)cc1F. The quantitative estimate of drug-likeness (QED) is 0.675. The minimum Gasteiger partial charge on any atom is -0.494 e. The van der Waals surface area contributed by atoms with E-state index in [1.165, 1.54) is 25.3 Å². The lowest BCUT2D eigenvalue weighted by atomic mass is 10.1. The van der Waals surface area contributed by atoms with Gasteiger partial charge in [-0.25, -0.2) is 12.8 Å². The Labute approximate surface area is 182 Å². The summed E-state index contributed by atoms with van der Waals surface area (Å²) in [4.78, 5) is 12.4. The standard InChI is InChI=1S/C18H19Cl2FN2O4S2/c1-27-14-6-5-11(8-12(14)21)10-23(13-4-2-3-7-22-18(13)24)29(25,26)15-9-16(19)28-17(15)20/h5-6,8-9,13H,2-4,7,10H2,1H3,(H,22,24). The summed E-state index contributed by atoms with van der Waals surface area (Å²) in [5.41, 5.74) is 0.376. The molecule has 0 bridgehead atoms. The van der Waals surface area contributed by atoms with E-state index < -0.39 is 27.8 Å². The van der Waals surface area contributed by atoms with Crippen molar-refractivity contribution in [3.05, 3.63) is 44.3 Å². The zero-order valence-corrected chi connectivity index (χ0v) is 18.6. The van der Waals surface area contributed by atoms with Crippen LogP contribution in [0.5, 0.6) is 5.75 Å². The van der Waals surface area contributed by atoms with E-state index in [9.17, 15) is 17.6 Å². The van der Waals surface area contributed by atoms with Crippen molar-refractivity contribution >= 4 is 50.5 Å². The lowest BCUT2D eigenvalue weighted by Crippen LogP contribution is -2.48. The van der Waals surface area contributed by atoms with Gasteiger partial charge in [-0.05, 0) is 43.0 Å². The second-order valence-corrected chi connectivity index (χ2v) is 10.7. The zero-order chi connectivity index (χ0) is 21.2. The fourth-order valence-corrected chi connectivity index (χ4v) is 6.90. The molecule has 158 valence electrons. The van der Waals surface area contributed by atoms with Crippen molar-refractivity contribution in [1.29, 1.82) is 0 Å². The first kappa shape index (κ1) is 22.3. The van der Waals surface area contributed by atoms with Gasteiger partial charge in [0.05, 0.1) is 11.4 Å². The van der Waals surface area contributed by atoms with Crippen LogP contribution in [0.15, 0.2) is 29.2 Å². The normalized spacial score (nSPS) is 17.8. The van der Waals surface area contributed by atoms with Crippen LogP contribution in [0.25, 0.3) is 0 Å². The van der Waals surface area contributed by atoms with Crippen LogP contribution in [-0.4, -0.2) is 38.3 Å². The Morgan fingerprint density at radius 1 is 1.31 bits per heavy atom. The minimum absolute atomic E-state index is 0.00921. The molecular formula is C18H19Cl2FN2O4S2. The lowest BCUT2D eigenvalue weighted by molar-refractivity contribution is -0.124. The van der Waals surface area contributed by atoms with E-state index >= 15 is 0 Å². The molecular weight excluding hydrogens is 462 g/mol. The molecule has 0 aliphatic carbocycles. The molecule has 0 spiro atoms. The van der Waals surface area contributed by atoms with Crippen molar-refractivity contribution in [1.82, 2.24) is 9.62 Å². The maximum Gasteiger partial charge on any atom is 0.246 e. The number of hydrogen-bond acceptors (Lipinski definition) is 5. The van der Waals surface area contributed by atoms with Gasteiger partial charge in [-0.15, -0.1) is 11.3 Å². The van der Waals surface area contributed by atoms with E-state index in [1.54, 1.807) is 6.07 Å². The molecule has 3 rings (SSSR count). The fourth-order valence-electron chi connectivity index (χ4n) is 3.18. The molecule has 1 saturated heterocycles. The summed E-state index contributed by atoms with van der Waals surface area (Å²) in [6, 6.07) is 4.48. The van der Waals surface area contributed by atoms with Crippen LogP contribution in [-0.2, 0) is 21.4 Å². The number of thiophene rings is 1. The van der Waals surface area contributed by atoms with E-state index in [4.69, 9.17) is 27.9 Å². The highest BCUT2D eigenvalue weighted by molar-refractivity contribution is 7.89. The highest BCUT2D eigenvalue weighted by atomic mass is 35.5. The smallest absolute Gasteiger partial charge is 0.246 e. The van der Waals surface area contributed by atoms with Gasteiger partial charge in [0.25, 0.3) is 0 Å². The molecule has 1 unspecified atom stereocenters. The van der Waals surface area contributed by atoms with E-state index in [0.29, 0.717) is 24.9 Å². The predicted octanol–water partition coefficient (Wildman–Crippen LogP) is 4.06. The molecule has 1 aliphatic heterocycles. The van der Waals surface area contributed by atoms with Crippen LogP contribution in [0.3, 0.4) is 0 Å². The van der Waals surface area contributed by atoms with Gasteiger partial charge >= 0.3 is 0 Å². The Bertz CT molecular complexity index is 1010. The highest BCUT2D eigenvalue weighted by Crippen LogP contribution is 2.37. The number of rotatable bonds is 6. The molecule has 1 fully saturated rings. The second-order valence-electron chi connectivity index (χ2n) is 6.51. The molecule has 6 nitrogen and oxygen atoms in total. The minimum atomic E-state index is -4.17. The average Bonchev–Trinajstić information content (AvgIpc) is 2.88. The number of nitrogens with zero attached hydrogens (tertiary/aromatic N) is 1. The topological polar surface area (TPSA) is 75.7 Å². The van der Waals surface area contributed by atoms with Gasteiger partial charge in [0.1, 0.15) is 15.3 Å². The number of halogens is 3. The van der Waals surface area contributed by atoms with Gasteiger partial charge in [-0.2, -0.15) is 4.31 Å². The summed E-state index contributed by atoms with van der Waals surface area (Å²) >= 11 is 13.0. The summed E-state index contributed by atoms with van der Waals surface area (Å²) in [5.74, 6) is -0.968. The molecule has 2 heterocycles. The molecule has 11 heteroatoms. The maximum absolute atomic E-state index is 14.2. The number of hydrogen-bond donors (Lipinski definition) is 1.